The molecular weight excluding hydrogens is 406 g/mol. The molecule has 0 spiro atoms. The van der Waals surface area contributed by atoms with E-state index in [1.54, 1.807) is 27.0 Å². The number of carboxylic acids is 1. The van der Waals surface area contributed by atoms with Gasteiger partial charge in [-0.15, -0.1) is 0 Å². The third-order valence-corrected chi connectivity index (χ3v) is 5.80. The number of hydrazine groups is 1. The van der Waals surface area contributed by atoms with Gasteiger partial charge >= 0.3 is 12.1 Å². The van der Waals surface area contributed by atoms with Crippen molar-refractivity contribution in [2.75, 3.05) is 0 Å². The Morgan fingerprint density at radius 1 is 1.06 bits per heavy atom. The van der Waals surface area contributed by atoms with Crippen LogP contribution in [0.15, 0.2) is 30.5 Å². The second kappa shape index (κ2) is 11.4. The van der Waals surface area contributed by atoms with E-state index in [0.717, 1.165) is 40.7 Å². The second-order valence-corrected chi connectivity index (χ2v) is 9.59. The van der Waals surface area contributed by atoms with Gasteiger partial charge in [0.2, 0.25) is 0 Å². The Balaban J connectivity index is 2.27. The zero-order chi connectivity index (χ0) is 23.8. The quantitative estimate of drug-likeness (QED) is 0.166. The van der Waals surface area contributed by atoms with Crippen molar-refractivity contribution in [1.82, 2.24) is 9.99 Å². The predicted octanol–water partition coefficient (Wildman–Crippen LogP) is 5.79. The van der Waals surface area contributed by atoms with E-state index in [1.165, 1.54) is 19.3 Å². The minimum Gasteiger partial charge on any atom is -0.479 e. The fourth-order valence-corrected chi connectivity index (χ4v) is 4.03. The molecule has 32 heavy (non-hydrogen) atoms. The van der Waals surface area contributed by atoms with Crippen LogP contribution in [0.5, 0.6) is 0 Å². The molecule has 1 amide bonds. The lowest BCUT2D eigenvalue weighted by atomic mass is 9.84. The summed E-state index contributed by atoms with van der Waals surface area (Å²) in [6.07, 6.45) is 8.65. The largest absolute Gasteiger partial charge is 0.479 e. The molecule has 0 aliphatic heterocycles. The number of nitrogens with two attached hydrogens (primary N) is 1. The number of nitrogens with zero attached hydrogens (tertiary/aromatic N) is 1. The van der Waals surface area contributed by atoms with Crippen molar-refractivity contribution in [1.29, 1.82) is 0 Å². The average Bonchev–Trinajstić information content (AvgIpc) is 3.13. The number of H-pyrrole nitrogens is 1. The van der Waals surface area contributed by atoms with Crippen LogP contribution in [0.2, 0.25) is 0 Å². The molecule has 7 heteroatoms. The molecule has 2 aromatic rings. The number of carbonyl (C=O) groups excluding carboxylic acids is 1. The van der Waals surface area contributed by atoms with Gasteiger partial charge in [0.25, 0.3) is 0 Å². The third kappa shape index (κ3) is 6.73. The molecule has 1 atom stereocenters. The molecule has 0 saturated carbocycles. The lowest BCUT2D eigenvalue weighted by Gasteiger charge is -2.38. The first kappa shape index (κ1) is 25.7. The Bertz CT molecular complexity index is 887. The van der Waals surface area contributed by atoms with Gasteiger partial charge in [-0.1, -0.05) is 70.1 Å². The summed E-state index contributed by atoms with van der Waals surface area (Å²) in [4.78, 5) is 28.7. The van der Waals surface area contributed by atoms with E-state index in [2.05, 4.69) is 11.9 Å². The maximum absolute atomic E-state index is 12.8. The minimum atomic E-state index is -1.60. The monoisotopic (exact) mass is 445 g/mol. The molecule has 0 saturated heterocycles. The number of hydrogen-bond donors (Lipinski definition) is 3. The van der Waals surface area contributed by atoms with Crippen molar-refractivity contribution in [3.8, 4) is 0 Å². The van der Waals surface area contributed by atoms with Gasteiger partial charge in [-0.3, -0.25) is 0 Å². The molecule has 0 unspecified atom stereocenters. The van der Waals surface area contributed by atoms with Crippen LogP contribution in [-0.2, 0) is 16.0 Å². The highest BCUT2D eigenvalue weighted by atomic mass is 16.6. The maximum Gasteiger partial charge on any atom is 0.425 e. The summed E-state index contributed by atoms with van der Waals surface area (Å²) < 4.78 is 5.42. The highest BCUT2D eigenvalue weighted by Crippen LogP contribution is 2.31. The molecule has 0 fully saturated rings. The number of fused-ring (bicyclic) bond motifs is 1. The highest BCUT2D eigenvalue weighted by molar-refractivity contribution is 5.87. The van der Waals surface area contributed by atoms with Crippen molar-refractivity contribution in [3.63, 3.8) is 0 Å². The first-order valence-corrected chi connectivity index (χ1v) is 11.7. The summed E-state index contributed by atoms with van der Waals surface area (Å²) in [6, 6.07) is 7.70. The van der Waals surface area contributed by atoms with E-state index in [-0.39, 0.29) is 12.8 Å². The highest BCUT2D eigenvalue weighted by Gasteiger charge is 2.47. The van der Waals surface area contributed by atoms with E-state index in [0.29, 0.717) is 6.42 Å². The number of unbranched alkanes of at least 4 members (excludes halogenated alkanes) is 6. The minimum absolute atomic E-state index is 0.0952. The van der Waals surface area contributed by atoms with E-state index in [1.807, 2.05) is 24.3 Å². The van der Waals surface area contributed by atoms with Gasteiger partial charge in [-0.2, -0.15) is 0 Å². The fourth-order valence-electron chi connectivity index (χ4n) is 4.03. The number of rotatable bonds is 12. The normalized spacial score (nSPS) is 13.7. The summed E-state index contributed by atoms with van der Waals surface area (Å²) in [6.45, 7) is 7.38. The van der Waals surface area contributed by atoms with Gasteiger partial charge in [0.15, 0.2) is 5.54 Å². The molecule has 0 radical (unpaired) electrons. The van der Waals surface area contributed by atoms with Crippen LogP contribution in [0.4, 0.5) is 4.79 Å². The SMILES string of the molecule is CCCCCCCCC[C@](Cc1c[nH]c2ccccc12)(C(=O)O)N(N)C(=O)OC(C)(C)C. The molecule has 0 bridgehead atoms. The molecule has 0 aliphatic rings. The smallest absolute Gasteiger partial charge is 0.425 e. The van der Waals surface area contributed by atoms with Crippen LogP contribution in [-0.4, -0.2) is 38.3 Å². The number of para-hydroxylation sites is 1. The standard InChI is InChI=1S/C25H39N3O4/c1-5-6-7-8-9-10-13-16-25(22(29)30,28(26)23(31)32-24(2,3)4)17-19-18-27-21-15-12-11-14-20(19)21/h11-12,14-15,18,27H,5-10,13,16-17,26H2,1-4H3,(H,29,30)/t25-/m0/s1. The first-order chi connectivity index (χ1) is 15.1. The summed E-state index contributed by atoms with van der Waals surface area (Å²) >= 11 is 0. The molecular formula is C25H39N3O4. The van der Waals surface area contributed by atoms with Gasteiger partial charge in [0.05, 0.1) is 0 Å². The van der Waals surface area contributed by atoms with Crippen molar-refractivity contribution in [3.05, 3.63) is 36.0 Å². The van der Waals surface area contributed by atoms with E-state index in [4.69, 9.17) is 10.6 Å². The van der Waals surface area contributed by atoms with E-state index >= 15 is 0 Å². The number of amides is 1. The number of aromatic amines is 1. The molecule has 7 nitrogen and oxygen atoms in total. The fraction of sp³-hybridized carbons (Fsp3) is 0.600. The van der Waals surface area contributed by atoms with Gasteiger partial charge in [-0.25, -0.2) is 20.4 Å². The summed E-state index contributed by atoms with van der Waals surface area (Å²) in [5.41, 5.74) is -0.654. The van der Waals surface area contributed by atoms with Crippen LogP contribution in [0.3, 0.4) is 0 Å². The Kier molecular flexibility index (Phi) is 9.13. The molecule has 4 N–H and O–H groups in total. The van der Waals surface area contributed by atoms with E-state index < -0.39 is 23.2 Å². The Morgan fingerprint density at radius 3 is 2.31 bits per heavy atom. The van der Waals surface area contributed by atoms with Crippen molar-refractivity contribution in [2.45, 2.75) is 96.6 Å². The lowest BCUT2D eigenvalue weighted by Crippen LogP contribution is -2.62. The Hall–Kier alpha value is -2.54. The zero-order valence-corrected chi connectivity index (χ0v) is 19.9. The topological polar surface area (TPSA) is 109 Å². The van der Waals surface area contributed by atoms with E-state index in [9.17, 15) is 14.7 Å². The number of carboxylic acid groups (broad SMARTS) is 1. The molecule has 178 valence electrons. The number of hydrogen-bond acceptors (Lipinski definition) is 4. The molecule has 1 heterocycles. The number of carbonyl (C=O) groups is 2. The van der Waals surface area contributed by atoms with Gasteiger partial charge in [0.1, 0.15) is 5.60 Å². The Labute approximate surface area is 191 Å². The molecule has 0 aliphatic carbocycles. The van der Waals surface area contributed by atoms with Gasteiger partial charge < -0.3 is 14.8 Å². The molecule has 2 rings (SSSR count). The average molecular weight is 446 g/mol. The van der Waals surface area contributed by atoms with Gasteiger partial charge in [0, 0.05) is 23.5 Å². The predicted molar refractivity (Wildman–Crippen MR) is 127 cm³/mol. The summed E-state index contributed by atoms with van der Waals surface area (Å²) in [7, 11) is 0. The lowest BCUT2D eigenvalue weighted by molar-refractivity contribution is -0.152. The number of aromatic nitrogens is 1. The van der Waals surface area contributed by atoms with Crippen LogP contribution in [0.25, 0.3) is 10.9 Å². The van der Waals surface area contributed by atoms with Crippen molar-refractivity contribution < 1.29 is 19.4 Å². The number of nitrogens with one attached hydrogen (secondary N) is 1. The van der Waals surface area contributed by atoms with Crippen molar-refractivity contribution >= 4 is 23.0 Å². The van der Waals surface area contributed by atoms with Gasteiger partial charge in [-0.05, 0) is 38.8 Å². The number of aliphatic carboxylic acids is 1. The van der Waals surface area contributed by atoms with Crippen molar-refractivity contribution in [2.24, 2.45) is 5.84 Å². The number of ether oxygens (including phenoxy) is 1. The Morgan fingerprint density at radius 2 is 1.69 bits per heavy atom. The second-order valence-electron chi connectivity index (χ2n) is 9.59. The number of benzene rings is 1. The van der Waals surface area contributed by atoms with Crippen LogP contribution < -0.4 is 5.84 Å². The summed E-state index contributed by atoms with van der Waals surface area (Å²) in [5, 5.41) is 12.1. The van der Waals surface area contributed by atoms with Crippen LogP contribution >= 0.6 is 0 Å². The molecule has 1 aromatic heterocycles. The molecule has 1 aromatic carbocycles. The van der Waals surface area contributed by atoms with Crippen LogP contribution in [0, 0.1) is 0 Å². The summed E-state index contributed by atoms with van der Waals surface area (Å²) in [5.74, 6) is 5.09. The third-order valence-electron chi connectivity index (χ3n) is 5.80. The maximum atomic E-state index is 12.8. The zero-order valence-electron chi connectivity index (χ0n) is 19.9. The van der Waals surface area contributed by atoms with Crippen LogP contribution in [0.1, 0.15) is 84.6 Å². The first-order valence-electron chi connectivity index (χ1n) is 11.7.